The van der Waals surface area contributed by atoms with Gasteiger partial charge in [0.1, 0.15) is 18.1 Å². The maximum atomic E-state index is 13.2. The molecule has 8 nitrogen and oxygen atoms in total. The number of hydrogen-bond donors (Lipinski definition) is 3. The molecule has 158 valence electrons. The fourth-order valence-corrected chi connectivity index (χ4v) is 4.16. The molecule has 0 radical (unpaired) electrons. The lowest BCUT2D eigenvalue weighted by atomic mass is 10.0. The number of rotatable bonds is 7. The smallest absolute Gasteiger partial charge is 0.246 e. The summed E-state index contributed by atoms with van der Waals surface area (Å²) in [6.45, 7) is 6.50. The molecular formula is C19H32N4O4S. The molecule has 4 amide bonds. The Morgan fingerprint density at radius 1 is 1.07 bits per heavy atom. The van der Waals surface area contributed by atoms with Crippen molar-refractivity contribution in [2.24, 2.45) is 11.7 Å². The summed E-state index contributed by atoms with van der Waals surface area (Å²) in [6.07, 6.45) is 3.42. The van der Waals surface area contributed by atoms with Crippen molar-refractivity contribution in [3.63, 3.8) is 0 Å². The van der Waals surface area contributed by atoms with Crippen molar-refractivity contribution < 1.29 is 19.2 Å². The van der Waals surface area contributed by atoms with E-state index < -0.39 is 29.3 Å². The maximum absolute atomic E-state index is 13.2. The molecular weight excluding hydrogens is 380 g/mol. The molecule has 2 heterocycles. The van der Waals surface area contributed by atoms with Crippen molar-refractivity contribution in [1.82, 2.24) is 15.1 Å². The third-order valence-corrected chi connectivity index (χ3v) is 6.61. The van der Waals surface area contributed by atoms with Crippen molar-refractivity contribution in [2.75, 3.05) is 13.1 Å². The van der Waals surface area contributed by atoms with Crippen LogP contribution in [-0.2, 0) is 19.2 Å². The highest BCUT2D eigenvalue weighted by molar-refractivity contribution is 7.81. The van der Waals surface area contributed by atoms with Gasteiger partial charge in [0.25, 0.3) is 0 Å². The number of thiol groups is 1. The summed E-state index contributed by atoms with van der Waals surface area (Å²) < 4.78 is 0. The molecule has 5 atom stereocenters. The lowest BCUT2D eigenvalue weighted by Crippen LogP contribution is -2.55. The second-order valence-electron chi connectivity index (χ2n) is 7.84. The standard InChI is InChI=1S/C19H32N4O4S/c1-4-11(2)15(28)19(27)23-10-6-8-14(23)18(26)22-9-5-7-13(22)17(25)21-12(3)16(20)24/h11-15,28H,4-10H2,1-3H3,(H2,20,24)(H,21,25)/t11-,12-,13-,14-,15-/m0/s1. The molecule has 28 heavy (non-hydrogen) atoms. The summed E-state index contributed by atoms with van der Waals surface area (Å²) in [5.41, 5.74) is 5.21. The van der Waals surface area contributed by atoms with Gasteiger partial charge in [-0.2, -0.15) is 12.6 Å². The van der Waals surface area contributed by atoms with Crippen LogP contribution in [0.5, 0.6) is 0 Å². The number of hydrogen-bond acceptors (Lipinski definition) is 5. The van der Waals surface area contributed by atoms with Gasteiger partial charge in [0.05, 0.1) is 5.25 Å². The highest BCUT2D eigenvalue weighted by Crippen LogP contribution is 2.27. The molecule has 0 aromatic rings. The Bertz CT molecular complexity index is 629. The van der Waals surface area contributed by atoms with E-state index in [1.165, 1.54) is 6.92 Å². The maximum Gasteiger partial charge on any atom is 0.246 e. The number of nitrogens with two attached hydrogens (primary N) is 1. The molecule has 2 fully saturated rings. The van der Waals surface area contributed by atoms with Gasteiger partial charge in [0.15, 0.2) is 0 Å². The first-order valence-electron chi connectivity index (χ1n) is 10.1. The lowest BCUT2D eigenvalue weighted by molar-refractivity contribution is -0.147. The van der Waals surface area contributed by atoms with Crippen molar-refractivity contribution in [2.45, 2.75) is 76.3 Å². The van der Waals surface area contributed by atoms with Crippen LogP contribution in [0.1, 0.15) is 52.9 Å². The molecule has 0 aromatic carbocycles. The number of primary amides is 1. The summed E-state index contributed by atoms with van der Waals surface area (Å²) in [5.74, 6) is -1.19. The summed E-state index contributed by atoms with van der Waals surface area (Å²) in [4.78, 5) is 53.0. The van der Waals surface area contributed by atoms with Gasteiger partial charge in [0, 0.05) is 13.1 Å². The second kappa shape index (κ2) is 9.62. The SMILES string of the molecule is CC[C@H](C)[C@H](S)C(=O)N1CCC[C@H]1C(=O)N1CCC[C@H]1C(=O)N[C@@H](C)C(N)=O. The van der Waals surface area contributed by atoms with E-state index in [0.29, 0.717) is 32.4 Å². The number of carbonyl (C=O) groups excluding carboxylic acids is 4. The van der Waals surface area contributed by atoms with Crippen LogP contribution < -0.4 is 11.1 Å². The fourth-order valence-electron chi connectivity index (χ4n) is 3.80. The number of nitrogens with one attached hydrogen (secondary N) is 1. The van der Waals surface area contributed by atoms with Crippen molar-refractivity contribution in [1.29, 1.82) is 0 Å². The molecule has 3 N–H and O–H groups in total. The zero-order chi connectivity index (χ0) is 21.0. The first-order valence-corrected chi connectivity index (χ1v) is 10.6. The normalized spacial score (nSPS) is 25.3. The lowest BCUT2D eigenvalue weighted by Gasteiger charge is -2.33. The summed E-state index contributed by atoms with van der Waals surface area (Å²) in [5, 5.41) is 2.13. The fraction of sp³-hybridized carbons (Fsp3) is 0.789. The molecule has 0 unspecified atom stereocenters. The summed E-state index contributed by atoms with van der Waals surface area (Å²) >= 11 is 4.48. The van der Waals surface area contributed by atoms with E-state index >= 15 is 0 Å². The van der Waals surface area contributed by atoms with E-state index in [1.807, 2.05) is 13.8 Å². The number of likely N-dealkylation sites (tertiary alicyclic amines) is 2. The van der Waals surface area contributed by atoms with Crippen LogP contribution in [0, 0.1) is 5.92 Å². The van der Waals surface area contributed by atoms with Gasteiger partial charge >= 0.3 is 0 Å². The van der Waals surface area contributed by atoms with Crippen molar-refractivity contribution >= 4 is 36.3 Å². The monoisotopic (exact) mass is 412 g/mol. The van der Waals surface area contributed by atoms with Gasteiger partial charge in [-0.1, -0.05) is 20.3 Å². The summed E-state index contributed by atoms with van der Waals surface area (Å²) in [7, 11) is 0. The zero-order valence-corrected chi connectivity index (χ0v) is 17.8. The second-order valence-corrected chi connectivity index (χ2v) is 8.40. The van der Waals surface area contributed by atoms with Crippen LogP contribution in [0.25, 0.3) is 0 Å². The topological polar surface area (TPSA) is 113 Å². The van der Waals surface area contributed by atoms with Crippen LogP contribution >= 0.6 is 12.6 Å². The Morgan fingerprint density at radius 3 is 2.21 bits per heavy atom. The Balaban J connectivity index is 2.09. The third-order valence-electron chi connectivity index (χ3n) is 5.88. The quantitative estimate of drug-likeness (QED) is 0.522. The van der Waals surface area contributed by atoms with Gasteiger partial charge < -0.3 is 20.9 Å². The van der Waals surface area contributed by atoms with Crippen LogP contribution in [0.2, 0.25) is 0 Å². The highest BCUT2D eigenvalue weighted by atomic mass is 32.1. The van der Waals surface area contributed by atoms with Gasteiger partial charge in [-0.05, 0) is 38.5 Å². The van der Waals surface area contributed by atoms with E-state index in [1.54, 1.807) is 9.80 Å². The molecule has 0 aromatic heterocycles. The summed E-state index contributed by atoms with van der Waals surface area (Å²) in [6, 6.07) is -1.98. The van der Waals surface area contributed by atoms with Gasteiger partial charge in [-0.25, -0.2) is 0 Å². The average Bonchev–Trinajstić information content (AvgIpc) is 3.34. The van der Waals surface area contributed by atoms with Crippen molar-refractivity contribution in [3.05, 3.63) is 0 Å². The molecule has 2 saturated heterocycles. The van der Waals surface area contributed by atoms with Crippen LogP contribution in [0.3, 0.4) is 0 Å². The Kier molecular flexibility index (Phi) is 7.74. The largest absolute Gasteiger partial charge is 0.368 e. The number of nitrogens with zero attached hydrogens (tertiary/aromatic N) is 2. The number of carbonyl (C=O) groups is 4. The van der Waals surface area contributed by atoms with Crippen LogP contribution in [-0.4, -0.2) is 69.9 Å². The molecule has 2 rings (SSSR count). The molecule has 0 aliphatic carbocycles. The van der Waals surface area contributed by atoms with Gasteiger partial charge in [0.2, 0.25) is 23.6 Å². The van der Waals surface area contributed by atoms with Crippen molar-refractivity contribution in [3.8, 4) is 0 Å². The van der Waals surface area contributed by atoms with E-state index in [4.69, 9.17) is 5.73 Å². The minimum Gasteiger partial charge on any atom is -0.368 e. The van der Waals surface area contributed by atoms with E-state index in [-0.39, 0.29) is 23.6 Å². The number of amides is 4. The van der Waals surface area contributed by atoms with E-state index in [2.05, 4.69) is 17.9 Å². The Morgan fingerprint density at radius 2 is 1.64 bits per heavy atom. The van der Waals surface area contributed by atoms with E-state index in [9.17, 15) is 19.2 Å². The van der Waals surface area contributed by atoms with Gasteiger partial charge in [-0.15, -0.1) is 0 Å². The molecule has 2 aliphatic heterocycles. The third kappa shape index (κ3) is 4.79. The highest BCUT2D eigenvalue weighted by Gasteiger charge is 2.43. The first-order chi connectivity index (χ1) is 13.2. The predicted molar refractivity (Wildman–Crippen MR) is 108 cm³/mol. The van der Waals surface area contributed by atoms with Crippen LogP contribution in [0.15, 0.2) is 0 Å². The zero-order valence-electron chi connectivity index (χ0n) is 16.9. The predicted octanol–water partition coefficient (Wildman–Crippen LogP) is 0.303. The van der Waals surface area contributed by atoms with Crippen LogP contribution in [0.4, 0.5) is 0 Å². The first kappa shape index (κ1) is 22.5. The molecule has 2 aliphatic rings. The van der Waals surface area contributed by atoms with E-state index in [0.717, 1.165) is 12.8 Å². The van der Waals surface area contributed by atoms with Gasteiger partial charge in [-0.3, -0.25) is 19.2 Å². The molecule has 0 bridgehead atoms. The Labute approximate surface area is 172 Å². The molecule has 0 spiro atoms. The Hall–Kier alpha value is -1.77. The average molecular weight is 413 g/mol. The minimum atomic E-state index is -0.796. The minimum absolute atomic E-state index is 0.115. The molecule has 9 heteroatoms. The molecule has 0 saturated carbocycles.